The molecule has 0 unspecified atom stereocenters. The number of ether oxygens (including phenoxy) is 1. The minimum Gasteiger partial charge on any atom is -0.464 e. The first-order valence-electron chi connectivity index (χ1n) is 13.1. The number of para-hydroxylation sites is 1. The van der Waals surface area contributed by atoms with Gasteiger partial charge in [0.15, 0.2) is 17.8 Å². The number of hydrogen-bond acceptors (Lipinski definition) is 8. The second kappa shape index (κ2) is 10.7. The maximum absolute atomic E-state index is 14.1. The Morgan fingerprint density at radius 2 is 1.79 bits per heavy atom. The zero-order valence-electron chi connectivity index (χ0n) is 21.8. The molecule has 0 radical (unpaired) electrons. The molecule has 2 aliphatic heterocycles. The molecule has 0 saturated carbocycles. The van der Waals surface area contributed by atoms with Crippen LogP contribution in [0.4, 0.5) is 5.69 Å². The number of methoxy groups -OCH3 is 1. The van der Waals surface area contributed by atoms with E-state index in [0.717, 1.165) is 25.3 Å². The summed E-state index contributed by atoms with van der Waals surface area (Å²) in [6.45, 7) is 3.01. The SMILES string of the molecule is COC(=O)c1ncoc1CN1CN(c2ccccc2)C2(CCN(Cc3ccccc3-c3cccs3)CC2)C1=O. The number of likely N-dealkylation sites (tertiary alicyclic amines) is 1. The highest BCUT2D eigenvalue weighted by atomic mass is 32.1. The average molecular weight is 543 g/mol. The van der Waals surface area contributed by atoms with Crippen molar-refractivity contribution in [2.24, 2.45) is 0 Å². The van der Waals surface area contributed by atoms with Crippen molar-refractivity contribution in [3.8, 4) is 10.4 Å². The molecule has 4 aromatic rings. The molecule has 2 aliphatic rings. The maximum atomic E-state index is 14.1. The Morgan fingerprint density at radius 1 is 1.03 bits per heavy atom. The van der Waals surface area contributed by atoms with E-state index in [0.29, 0.717) is 25.3 Å². The van der Waals surface area contributed by atoms with Crippen LogP contribution in [0.2, 0.25) is 0 Å². The number of anilines is 1. The zero-order chi connectivity index (χ0) is 26.8. The molecule has 200 valence electrons. The Bertz CT molecular complexity index is 1440. The van der Waals surface area contributed by atoms with E-state index in [9.17, 15) is 9.59 Å². The maximum Gasteiger partial charge on any atom is 0.360 e. The molecule has 9 heteroatoms. The highest BCUT2D eigenvalue weighted by molar-refractivity contribution is 7.13. The number of hydrogen-bond donors (Lipinski definition) is 0. The first-order valence-corrected chi connectivity index (χ1v) is 13.9. The third-order valence-corrected chi connectivity index (χ3v) is 8.72. The first kappa shape index (κ1) is 25.3. The molecule has 0 N–H and O–H groups in total. The van der Waals surface area contributed by atoms with E-state index in [2.05, 4.69) is 68.7 Å². The van der Waals surface area contributed by atoms with Crippen LogP contribution < -0.4 is 4.90 Å². The molecule has 1 amide bonds. The molecule has 2 fully saturated rings. The normalized spacial score (nSPS) is 17.2. The first-order chi connectivity index (χ1) is 19.1. The highest BCUT2D eigenvalue weighted by Crippen LogP contribution is 2.41. The van der Waals surface area contributed by atoms with Gasteiger partial charge in [-0.3, -0.25) is 9.69 Å². The summed E-state index contributed by atoms with van der Waals surface area (Å²) in [5.74, 6) is -0.184. The minimum absolute atomic E-state index is 0.0530. The predicted molar refractivity (Wildman–Crippen MR) is 149 cm³/mol. The van der Waals surface area contributed by atoms with Gasteiger partial charge in [0.1, 0.15) is 5.54 Å². The van der Waals surface area contributed by atoms with E-state index in [1.54, 1.807) is 16.2 Å². The summed E-state index contributed by atoms with van der Waals surface area (Å²) in [6.07, 6.45) is 2.64. The Balaban J connectivity index is 1.23. The largest absolute Gasteiger partial charge is 0.464 e. The summed E-state index contributed by atoms with van der Waals surface area (Å²) in [5, 5.41) is 2.11. The number of oxazole rings is 1. The molecule has 2 aromatic heterocycles. The van der Waals surface area contributed by atoms with Crippen LogP contribution in [0.3, 0.4) is 0 Å². The van der Waals surface area contributed by atoms with E-state index < -0.39 is 11.5 Å². The van der Waals surface area contributed by atoms with Crippen molar-refractivity contribution in [2.75, 3.05) is 31.8 Å². The van der Waals surface area contributed by atoms with Crippen molar-refractivity contribution in [1.82, 2.24) is 14.8 Å². The Kier molecular flexibility index (Phi) is 6.93. The van der Waals surface area contributed by atoms with Gasteiger partial charge < -0.3 is 19.0 Å². The van der Waals surface area contributed by atoms with E-state index in [1.807, 2.05) is 18.2 Å². The number of thiophene rings is 1. The molecule has 4 heterocycles. The van der Waals surface area contributed by atoms with Crippen molar-refractivity contribution >= 4 is 28.9 Å². The number of aromatic nitrogens is 1. The quantitative estimate of drug-likeness (QED) is 0.303. The summed E-state index contributed by atoms with van der Waals surface area (Å²) in [4.78, 5) is 38.0. The summed E-state index contributed by atoms with van der Waals surface area (Å²) < 4.78 is 10.3. The third kappa shape index (κ3) is 4.72. The van der Waals surface area contributed by atoms with Gasteiger partial charge in [0.05, 0.1) is 20.3 Å². The number of nitrogens with zero attached hydrogens (tertiary/aromatic N) is 4. The molecule has 6 rings (SSSR count). The van der Waals surface area contributed by atoms with Gasteiger partial charge in [-0.15, -0.1) is 11.3 Å². The fourth-order valence-electron chi connectivity index (χ4n) is 5.79. The fourth-order valence-corrected chi connectivity index (χ4v) is 6.58. The van der Waals surface area contributed by atoms with Crippen molar-refractivity contribution < 1.29 is 18.7 Å². The predicted octanol–water partition coefficient (Wildman–Crippen LogP) is 5.03. The number of piperidine rings is 1. The van der Waals surface area contributed by atoms with Gasteiger partial charge in [0.2, 0.25) is 5.91 Å². The number of carbonyl (C=O) groups excluding carboxylic acids is 2. The average Bonchev–Trinajstić information content (AvgIpc) is 3.73. The number of amides is 1. The molecule has 8 nitrogen and oxygen atoms in total. The number of rotatable bonds is 7. The van der Waals surface area contributed by atoms with E-state index in [-0.39, 0.29) is 18.1 Å². The van der Waals surface area contributed by atoms with Crippen LogP contribution in [0.25, 0.3) is 10.4 Å². The fraction of sp³-hybridized carbons (Fsp3) is 0.300. The van der Waals surface area contributed by atoms with E-state index >= 15 is 0 Å². The second-order valence-electron chi connectivity index (χ2n) is 9.97. The molecule has 1 spiro atoms. The zero-order valence-corrected chi connectivity index (χ0v) is 22.6. The summed E-state index contributed by atoms with van der Waals surface area (Å²) in [5.41, 5.74) is 3.04. The number of esters is 1. The van der Waals surface area contributed by atoms with Crippen molar-refractivity contribution in [2.45, 2.75) is 31.5 Å². The van der Waals surface area contributed by atoms with Crippen LogP contribution in [0.1, 0.15) is 34.7 Å². The van der Waals surface area contributed by atoms with Gasteiger partial charge in [-0.25, -0.2) is 9.78 Å². The van der Waals surface area contributed by atoms with Crippen molar-refractivity contribution in [3.63, 3.8) is 0 Å². The lowest BCUT2D eigenvalue weighted by molar-refractivity contribution is -0.134. The molecule has 2 aromatic carbocycles. The second-order valence-corrected chi connectivity index (χ2v) is 10.9. The molecule has 0 bridgehead atoms. The molecule has 0 atom stereocenters. The van der Waals surface area contributed by atoms with Crippen LogP contribution in [-0.2, 0) is 22.6 Å². The smallest absolute Gasteiger partial charge is 0.360 e. The van der Waals surface area contributed by atoms with Gasteiger partial charge in [-0.1, -0.05) is 48.5 Å². The van der Waals surface area contributed by atoms with Gasteiger partial charge in [0, 0.05) is 30.2 Å². The third-order valence-electron chi connectivity index (χ3n) is 7.82. The van der Waals surface area contributed by atoms with Crippen LogP contribution in [0.5, 0.6) is 0 Å². The Labute approximate surface area is 231 Å². The van der Waals surface area contributed by atoms with Gasteiger partial charge >= 0.3 is 5.97 Å². The minimum atomic E-state index is -0.656. The Hall–Kier alpha value is -3.95. The van der Waals surface area contributed by atoms with E-state index in [1.165, 1.54) is 29.5 Å². The molecular formula is C30H30N4O4S. The Morgan fingerprint density at radius 3 is 2.54 bits per heavy atom. The molecular weight excluding hydrogens is 512 g/mol. The van der Waals surface area contributed by atoms with Crippen LogP contribution in [-0.4, -0.2) is 59.1 Å². The van der Waals surface area contributed by atoms with Crippen LogP contribution >= 0.6 is 11.3 Å². The summed E-state index contributed by atoms with van der Waals surface area (Å²) >= 11 is 1.75. The van der Waals surface area contributed by atoms with E-state index in [4.69, 9.17) is 9.15 Å². The van der Waals surface area contributed by atoms with Gasteiger partial charge in [0.25, 0.3) is 0 Å². The number of carbonyl (C=O) groups is 2. The summed E-state index contributed by atoms with van der Waals surface area (Å²) in [6, 6.07) is 22.9. The van der Waals surface area contributed by atoms with Crippen molar-refractivity contribution in [3.05, 3.63) is 95.5 Å². The number of benzene rings is 2. The molecule has 39 heavy (non-hydrogen) atoms. The molecule has 0 aliphatic carbocycles. The van der Waals surface area contributed by atoms with Crippen molar-refractivity contribution in [1.29, 1.82) is 0 Å². The summed E-state index contributed by atoms with van der Waals surface area (Å²) in [7, 11) is 1.31. The monoisotopic (exact) mass is 542 g/mol. The van der Waals surface area contributed by atoms with Gasteiger partial charge in [-0.2, -0.15) is 0 Å². The lowest BCUT2D eigenvalue weighted by Gasteiger charge is -2.43. The lowest BCUT2D eigenvalue weighted by atomic mass is 9.85. The van der Waals surface area contributed by atoms with Crippen LogP contribution in [0.15, 0.2) is 82.9 Å². The van der Waals surface area contributed by atoms with Gasteiger partial charge in [-0.05, 0) is 47.5 Å². The highest BCUT2D eigenvalue weighted by Gasteiger charge is 2.54. The lowest BCUT2D eigenvalue weighted by Crippen LogP contribution is -2.56. The van der Waals surface area contributed by atoms with Crippen LogP contribution in [0, 0.1) is 0 Å². The topological polar surface area (TPSA) is 79.1 Å². The molecule has 2 saturated heterocycles. The standard InChI is InChI=1S/C30H30N4O4S/c1-37-28(35)27-25(38-20-31-27)19-33-21-34(23-9-3-2-4-10-23)30(29(33)36)13-15-32(16-14-30)18-22-8-5-6-11-24(22)26-12-7-17-39-26/h2-12,17,20H,13-16,18-19,21H2,1H3.